The molecule has 0 spiro atoms. The lowest BCUT2D eigenvalue weighted by atomic mass is 10.3. The number of rotatable bonds is 5. The van der Waals surface area contributed by atoms with Gasteiger partial charge in [0.15, 0.2) is 4.21 Å². The zero-order chi connectivity index (χ0) is 15.6. The lowest BCUT2D eigenvalue weighted by molar-refractivity contribution is -0.0497. The van der Waals surface area contributed by atoms with E-state index in [4.69, 9.17) is 11.6 Å². The molecule has 2 aromatic rings. The number of halogens is 4. The summed E-state index contributed by atoms with van der Waals surface area (Å²) in [7, 11) is -3.78. The van der Waals surface area contributed by atoms with E-state index in [-0.39, 0.29) is 20.7 Å². The van der Waals surface area contributed by atoms with Gasteiger partial charge in [0.05, 0.1) is 10.7 Å². The van der Waals surface area contributed by atoms with Crippen molar-refractivity contribution in [2.45, 2.75) is 10.8 Å². The lowest BCUT2D eigenvalue weighted by Gasteiger charge is -2.10. The Morgan fingerprint density at radius 3 is 2.57 bits per heavy atom. The Hall–Kier alpha value is -0.900. The molecule has 2 rings (SSSR count). The molecule has 0 saturated heterocycles. The van der Waals surface area contributed by atoms with Crippen LogP contribution in [0.3, 0.4) is 0 Å². The Balaban J connectivity index is 2.24. The molecule has 0 saturated carbocycles. The molecule has 1 N–H and O–H groups in total. The molecule has 0 aliphatic rings. The summed E-state index contributed by atoms with van der Waals surface area (Å²) in [4.78, 5) is 0. The second kappa shape index (κ2) is 6.47. The molecular weight excluding hydrogens is 412 g/mol. The molecule has 0 amide bonds. The second-order valence-corrected chi connectivity index (χ2v) is 7.74. The molecule has 0 unspecified atom stereocenters. The van der Waals surface area contributed by atoms with Gasteiger partial charge in [0.2, 0.25) is 0 Å². The fourth-order valence-corrected chi connectivity index (χ4v) is 5.04. The van der Waals surface area contributed by atoms with Crippen LogP contribution in [0.1, 0.15) is 0 Å². The van der Waals surface area contributed by atoms with E-state index >= 15 is 0 Å². The number of hydrogen-bond acceptors (Lipinski definition) is 4. The van der Waals surface area contributed by atoms with Crippen LogP contribution < -0.4 is 9.46 Å². The molecule has 0 bridgehead atoms. The van der Waals surface area contributed by atoms with Crippen molar-refractivity contribution >= 4 is 54.6 Å². The third-order valence-corrected chi connectivity index (χ3v) is 6.58. The Labute approximate surface area is 136 Å². The molecular formula is C11H7BrClF2NO3S2. The Morgan fingerprint density at radius 2 is 2.05 bits per heavy atom. The van der Waals surface area contributed by atoms with Gasteiger partial charge in [-0.25, -0.2) is 8.42 Å². The van der Waals surface area contributed by atoms with Gasteiger partial charge >= 0.3 is 6.61 Å². The van der Waals surface area contributed by atoms with Crippen molar-refractivity contribution in [3.63, 3.8) is 0 Å². The highest BCUT2D eigenvalue weighted by atomic mass is 79.9. The molecule has 1 aromatic heterocycles. The third-order valence-electron chi connectivity index (χ3n) is 2.23. The largest absolute Gasteiger partial charge is 0.433 e. The Morgan fingerprint density at radius 1 is 1.33 bits per heavy atom. The number of anilines is 1. The van der Waals surface area contributed by atoms with Gasteiger partial charge in [-0.3, -0.25) is 4.72 Å². The third kappa shape index (κ3) is 4.06. The summed E-state index contributed by atoms with van der Waals surface area (Å²) in [5.41, 5.74) is 0.141. The first kappa shape index (κ1) is 16.5. The minimum absolute atomic E-state index is 0.103. The van der Waals surface area contributed by atoms with Crippen molar-refractivity contribution in [3.05, 3.63) is 39.1 Å². The van der Waals surface area contributed by atoms with Crippen LogP contribution in [-0.4, -0.2) is 15.0 Å². The number of hydrogen-bond donors (Lipinski definition) is 1. The van der Waals surface area contributed by atoms with Crippen molar-refractivity contribution in [2.75, 3.05) is 4.72 Å². The molecule has 1 heterocycles. The van der Waals surface area contributed by atoms with Gasteiger partial charge in [0.25, 0.3) is 10.0 Å². The molecule has 10 heteroatoms. The van der Waals surface area contributed by atoms with E-state index in [0.717, 1.165) is 17.4 Å². The highest BCUT2D eigenvalue weighted by Crippen LogP contribution is 2.32. The molecule has 0 atom stereocenters. The van der Waals surface area contributed by atoms with E-state index in [0.29, 0.717) is 4.47 Å². The van der Waals surface area contributed by atoms with Gasteiger partial charge < -0.3 is 4.74 Å². The predicted molar refractivity (Wildman–Crippen MR) is 80.9 cm³/mol. The molecule has 0 radical (unpaired) electrons. The molecule has 21 heavy (non-hydrogen) atoms. The topological polar surface area (TPSA) is 55.4 Å². The first-order chi connectivity index (χ1) is 9.79. The monoisotopic (exact) mass is 417 g/mol. The number of thiophene rings is 1. The fourth-order valence-electron chi connectivity index (χ4n) is 1.43. The van der Waals surface area contributed by atoms with Crippen molar-refractivity contribution in [3.8, 4) is 5.75 Å². The quantitative estimate of drug-likeness (QED) is 0.774. The van der Waals surface area contributed by atoms with Gasteiger partial charge in [-0.1, -0.05) is 11.6 Å². The zero-order valence-electron chi connectivity index (χ0n) is 10.0. The van der Waals surface area contributed by atoms with Gasteiger partial charge in [0, 0.05) is 4.47 Å². The molecule has 114 valence electrons. The maximum absolute atomic E-state index is 12.1. The highest BCUT2D eigenvalue weighted by molar-refractivity contribution is 9.10. The van der Waals surface area contributed by atoms with Crippen molar-refractivity contribution in [2.24, 2.45) is 0 Å². The van der Waals surface area contributed by atoms with E-state index in [1.54, 1.807) is 11.4 Å². The first-order valence-corrected chi connectivity index (χ1v) is 8.83. The van der Waals surface area contributed by atoms with Crippen molar-refractivity contribution in [1.82, 2.24) is 0 Å². The molecule has 1 aromatic carbocycles. The smallest absolute Gasteiger partial charge is 0.387 e. The van der Waals surface area contributed by atoms with Gasteiger partial charge in [-0.2, -0.15) is 8.78 Å². The number of nitrogens with one attached hydrogen (secondary N) is 1. The van der Waals surface area contributed by atoms with Gasteiger partial charge in [-0.05, 0) is 45.6 Å². The lowest BCUT2D eigenvalue weighted by Crippen LogP contribution is -2.12. The van der Waals surface area contributed by atoms with Crippen LogP contribution in [0.4, 0.5) is 14.5 Å². The summed E-state index contributed by atoms with van der Waals surface area (Å²) in [5.74, 6) is -0.230. The summed E-state index contributed by atoms with van der Waals surface area (Å²) in [6, 6.07) is 5.24. The van der Waals surface area contributed by atoms with Crippen LogP contribution in [0, 0.1) is 0 Å². The first-order valence-electron chi connectivity index (χ1n) is 5.30. The van der Waals surface area contributed by atoms with Gasteiger partial charge in [0.1, 0.15) is 5.75 Å². The Kier molecular flexibility index (Phi) is 5.07. The minimum atomic E-state index is -3.78. The number of benzene rings is 1. The average molecular weight is 419 g/mol. The van der Waals surface area contributed by atoms with Crippen LogP contribution >= 0.6 is 38.9 Å². The second-order valence-electron chi connectivity index (χ2n) is 3.69. The summed E-state index contributed by atoms with van der Waals surface area (Å²) >= 11 is 9.93. The molecule has 0 aliphatic heterocycles. The van der Waals surface area contributed by atoms with E-state index in [9.17, 15) is 17.2 Å². The van der Waals surface area contributed by atoms with Crippen molar-refractivity contribution in [1.29, 1.82) is 0 Å². The summed E-state index contributed by atoms with van der Waals surface area (Å²) in [6.07, 6.45) is 0. The van der Waals surface area contributed by atoms with E-state index in [2.05, 4.69) is 25.4 Å². The summed E-state index contributed by atoms with van der Waals surface area (Å²) < 4.78 is 55.5. The van der Waals surface area contributed by atoms with Crippen LogP contribution in [0.15, 0.2) is 38.3 Å². The standard InChI is InChI=1S/C11H7BrClF2NO3S2/c12-7-3-4-20-10(7)21(17,18)16-6-1-2-9(8(13)5-6)19-11(14)15/h1-5,11,16H. The number of ether oxygens (including phenoxy) is 1. The number of alkyl halides is 2. The van der Waals surface area contributed by atoms with Crippen LogP contribution in [0.2, 0.25) is 5.02 Å². The average Bonchev–Trinajstić information content (AvgIpc) is 2.79. The number of sulfonamides is 1. The van der Waals surface area contributed by atoms with Crippen molar-refractivity contribution < 1.29 is 21.9 Å². The zero-order valence-corrected chi connectivity index (χ0v) is 14.0. The van der Waals surface area contributed by atoms with Gasteiger partial charge in [-0.15, -0.1) is 11.3 Å². The van der Waals surface area contributed by atoms with Crippen LogP contribution in [0.25, 0.3) is 0 Å². The van der Waals surface area contributed by atoms with E-state index in [1.165, 1.54) is 12.1 Å². The molecule has 0 aliphatic carbocycles. The fraction of sp³-hybridized carbons (Fsp3) is 0.0909. The molecule has 0 fully saturated rings. The SMILES string of the molecule is O=S(=O)(Nc1ccc(OC(F)F)c(Cl)c1)c1sccc1Br. The molecule has 4 nitrogen and oxygen atoms in total. The van der Waals surface area contributed by atoms with Crippen LogP contribution in [0.5, 0.6) is 5.75 Å². The maximum Gasteiger partial charge on any atom is 0.387 e. The summed E-state index contributed by atoms with van der Waals surface area (Å²) in [5, 5.41) is 1.49. The maximum atomic E-state index is 12.1. The Bertz CT molecular complexity index is 752. The minimum Gasteiger partial charge on any atom is -0.433 e. The highest BCUT2D eigenvalue weighted by Gasteiger charge is 2.20. The predicted octanol–water partition coefficient (Wildman–Crippen LogP) is 4.57. The normalized spacial score (nSPS) is 11.7. The van der Waals surface area contributed by atoms with E-state index in [1.807, 2.05) is 0 Å². The van der Waals surface area contributed by atoms with Crippen LogP contribution in [-0.2, 0) is 10.0 Å². The van der Waals surface area contributed by atoms with E-state index < -0.39 is 16.6 Å². The summed E-state index contributed by atoms with van der Waals surface area (Å²) in [6.45, 7) is -3.01.